The van der Waals surface area contributed by atoms with E-state index in [1.807, 2.05) is 7.05 Å². The third kappa shape index (κ3) is 2.97. The summed E-state index contributed by atoms with van der Waals surface area (Å²) in [5.74, 6) is 0.412. The summed E-state index contributed by atoms with van der Waals surface area (Å²) in [5, 5.41) is 0. The van der Waals surface area contributed by atoms with Crippen molar-refractivity contribution in [1.82, 2.24) is 9.80 Å². The summed E-state index contributed by atoms with van der Waals surface area (Å²) < 4.78 is 0. The molecule has 3 amide bonds. The van der Waals surface area contributed by atoms with Gasteiger partial charge in [0.05, 0.1) is 11.8 Å². The van der Waals surface area contributed by atoms with Gasteiger partial charge >= 0.3 is 0 Å². The van der Waals surface area contributed by atoms with Gasteiger partial charge in [0.1, 0.15) is 0 Å². The first-order valence-corrected chi connectivity index (χ1v) is 8.17. The number of amides is 3. The van der Waals surface area contributed by atoms with E-state index in [1.54, 1.807) is 4.90 Å². The van der Waals surface area contributed by atoms with Gasteiger partial charge in [-0.15, -0.1) is 0 Å². The number of nitrogens with zero attached hydrogens (tertiary/aromatic N) is 2. The molecule has 2 atom stereocenters. The van der Waals surface area contributed by atoms with Crippen molar-refractivity contribution in [3.63, 3.8) is 0 Å². The highest BCUT2D eigenvalue weighted by Crippen LogP contribution is 2.38. The minimum Gasteiger partial charge on any atom is -0.345 e. The van der Waals surface area contributed by atoms with Crippen LogP contribution < -0.4 is 0 Å². The van der Waals surface area contributed by atoms with Gasteiger partial charge in [-0.25, -0.2) is 0 Å². The first-order chi connectivity index (χ1) is 10.1. The summed E-state index contributed by atoms with van der Waals surface area (Å²) >= 11 is 0. The van der Waals surface area contributed by atoms with E-state index >= 15 is 0 Å². The van der Waals surface area contributed by atoms with E-state index in [9.17, 15) is 14.4 Å². The van der Waals surface area contributed by atoms with Crippen molar-refractivity contribution in [2.75, 3.05) is 20.1 Å². The van der Waals surface area contributed by atoms with Crippen molar-refractivity contribution in [2.45, 2.75) is 44.9 Å². The Balaban J connectivity index is 1.53. The van der Waals surface area contributed by atoms with Crippen molar-refractivity contribution < 1.29 is 14.4 Å². The standard InChI is InChI=1S/C16H24N2O3/c1-17(10-11-6-7-11)14(19)8-9-18-15(20)12-4-2-3-5-13(12)16(18)21/h11-13H,2-10H2,1H3/t12-,13-/m0/s1. The fourth-order valence-electron chi connectivity index (χ4n) is 3.64. The van der Waals surface area contributed by atoms with Crippen molar-refractivity contribution in [3.05, 3.63) is 0 Å². The maximum atomic E-state index is 12.3. The Hall–Kier alpha value is -1.39. The number of likely N-dealkylation sites (tertiary alicyclic amines) is 1. The minimum atomic E-state index is -0.106. The molecule has 0 spiro atoms. The maximum absolute atomic E-state index is 12.3. The number of carbonyl (C=O) groups excluding carboxylic acids is 3. The summed E-state index contributed by atoms with van der Waals surface area (Å²) in [6, 6.07) is 0. The molecule has 0 aromatic rings. The summed E-state index contributed by atoms with van der Waals surface area (Å²) in [5.41, 5.74) is 0. The number of fused-ring (bicyclic) bond motifs is 1. The first-order valence-electron chi connectivity index (χ1n) is 8.17. The molecule has 21 heavy (non-hydrogen) atoms. The van der Waals surface area contributed by atoms with E-state index < -0.39 is 0 Å². The highest BCUT2D eigenvalue weighted by Gasteiger charge is 2.47. The average molecular weight is 292 g/mol. The monoisotopic (exact) mass is 292 g/mol. The number of hydrogen-bond donors (Lipinski definition) is 0. The lowest BCUT2D eigenvalue weighted by molar-refractivity contribution is -0.140. The Morgan fingerprint density at radius 3 is 2.19 bits per heavy atom. The second kappa shape index (κ2) is 5.78. The van der Waals surface area contributed by atoms with Crippen molar-refractivity contribution in [2.24, 2.45) is 17.8 Å². The van der Waals surface area contributed by atoms with Gasteiger partial charge in [-0.1, -0.05) is 12.8 Å². The van der Waals surface area contributed by atoms with Crippen LogP contribution in [0.4, 0.5) is 0 Å². The number of imide groups is 1. The number of hydrogen-bond acceptors (Lipinski definition) is 3. The molecular formula is C16H24N2O3. The molecule has 0 aromatic heterocycles. The molecule has 5 nitrogen and oxygen atoms in total. The van der Waals surface area contributed by atoms with Crippen LogP contribution in [0.1, 0.15) is 44.9 Å². The molecule has 1 heterocycles. The molecule has 3 fully saturated rings. The fraction of sp³-hybridized carbons (Fsp3) is 0.812. The smallest absolute Gasteiger partial charge is 0.233 e. The van der Waals surface area contributed by atoms with Crippen LogP contribution in [0.5, 0.6) is 0 Å². The van der Waals surface area contributed by atoms with E-state index in [-0.39, 0.29) is 42.5 Å². The van der Waals surface area contributed by atoms with Crippen molar-refractivity contribution in [1.29, 1.82) is 0 Å². The molecule has 1 saturated heterocycles. The lowest BCUT2D eigenvalue weighted by Gasteiger charge is -2.19. The van der Waals surface area contributed by atoms with Crippen LogP contribution in [0.25, 0.3) is 0 Å². The Kier molecular flexibility index (Phi) is 4.00. The average Bonchev–Trinajstić information content (AvgIpc) is 3.26. The molecule has 116 valence electrons. The van der Waals surface area contributed by atoms with E-state index in [0.717, 1.165) is 32.2 Å². The zero-order valence-electron chi connectivity index (χ0n) is 12.7. The number of carbonyl (C=O) groups is 3. The van der Waals surface area contributed by atoms with Crippen molar-refractivity contribution >= 4 is 17.7 Å². The van der Waals surface area contributed by atoms with Gasteiger partial charge < -0.3 is 4.90 Å². The zero-order chi connectivity index (χ0) is 15.0. The van der Waals surface area contributed by atoms with Crippen LogP contribution in [0, 0.1) is 17.8 Å². The third-order valence-electron chi connectivity index (χ3n) is 5.14. The molecule has 0 aromatic carbocycles. The second-order valence-electron chi connectivity index (χ2n) is 6.79. The SMILES string of the molecule is CN(CC1CC1)C(=O)CCN1C(=O)[C@H]2CCCC[C@@H]2C1=O. The van der Waals surface area contributed by atoms with E-state index in [1.165, 1.54) is 17.7 Å². The Bertz CT molecular complexity index is 434. The molecular weight excluding hydrogens is 268 g/mol. The minimum absolute atomic E-state index is 0.0392. The summed E-state index contributed by atoms with van der Waals surface area (Å²) in [6.45, 7) is 1.07. The molecule has 3 aliphatic rings. The summed E-state index contributed by atoms with van der Waals surface area (Å²) in [4.78, 5) is 39.8. The zero-order valence-corrected chi connectivity index (χ0v) is 12.7. The topological polar surface area (TPSA) is 57.7 Å². The van der Waals surface area contributed by atoms with Crippen LogP contribution in [0.15, 0.2) is 0 Å². The Morgan fingerprint density at radius 2 is 1.67 bits per heavy atom. The summed E-state index contributed by atoms with van der Waals surface area (Å²) in [7, 11) is 1.81. The first kappa shape index (κ1) is 14.5. The van der Waals surface area contributed by atoms with E-state index in [4.69, 9.17) is 0 Å². The number of rotatable bonds is 5. The normalized spacial score (nSPS) is 28.7. The molecule has 0 unspecified atom stereocenters. The van der Waals surface area contributed by atoms with Crippen LogP contribution in [-0.2, 0) is 14.4 Å². The van der Waals surface area contributed by atoms with Gasteiger partial charge in [0, 0.05) is 26.6 Å². The molecule has 2 saturated carbocycles. The molecule has 1 aliphatic heterocycles. The highest BCUT2D eigenvalue weighted by molar-refractivity contribution is 6.05. The Morgan fingerprint density at radius 1 is 1.10 bits per heavy atom. The van der Waals surface area contributed by atoms with Crippen LogP contribution >= 0.6 is 0 Å². The third-order valence-corrected chi connectivity index (χ3v) is 5.14. The van der Waals surface area contributed by atoms with E-state index in [2.05, 4.69) is 0 Å². The van der Waals surface area contributed by atoms with Crippen molar-refractivity contribution in [3.8, 4) is 0 Å². The van der Waals surface area contributed by atoms with Gasteiger partial charge in [-0.3, -0.25) is 19.3 Å². The molecule has 0 radical (unpaired) electrons. The van der Waals surface area contributed by atoms with Gasteiger partial charge in [-0.2, -0.15) is 0 Å². The predicted molar refractivity (Wildman–Crippen MR) is 77.1 cm³/mol. The maximum Gasteiger partial charge on any atom is 0.233 e. The highest BCUT2D eigenvalue weighted by atomic mass is 16.2. The largest absolute Gasteiger partial charge is 0.345 e. The van der Waals surface area contributed by atoms with Crippen LogP contribution in [0.2, 0.25) is 0 Å². The van der Waals surface area contributed by atoms with Crippen LogP contribution in [0.3, 0.4) is 0 Å². The molecule has 3 rings (SSSR count). The quantitative estimate of drug-likeness (QED) is 0.720. The van der Waals surface area contributed by atoms with Gasteiger partial charge in [-0.05, 0) is 31.6 Å². The summed E-state index contributed by atoms with van der Waals surface area (Å²) in [6.07, 6.45) is 6.44. The fourth-order valence-corrected chi connectivity index (χ4v) is 3.64. The second-order valence-corrected chi connectivity index (χ2v) is 6.79. The molecule has 0 bridgehead atoms. The Labute approximate surface area is 125 Å². The predicted octanol–water partition coefficient (Wildman–Crippen LogP) is 1.42. The van der Waals surface area contributed by atoms with E-state index in [0.29, 0.717) is 5.92 Å². The lowest BCUT2D eigenvalue weighted by Crippen LogP contribution is -2.36. The van der Waals surface area contributed by atoms with Gasteiger partial charge in [0.15, 0.2) is 0 Å². The van der Waals surface area contributed by atoms with Gasteiger partial charge in [0.25, 0.3) is 0 Å². The lowest BCUT2D eigenvalue weighted by atomic mass is 9.81. The molecule has 0 N–H and O–H groups in total. The van der Waals surface area contributed by atoms with Gasteiger partial charge in [0.2, 0.25) is 17.7 Å². The van der Waals surface area contributed by atoms with Crippen LogP contribution in [-0.4, -0.2) is 47.7 Å². The molecule has 2 aliphatic carbocycles. The molecule has 5 heteroatoms.